The molecular formula is CH5NaO3S2. The van der Waals surface area contributed by atoms with Crippen molar-refractivity contribution in [1.82, 2.24) is 0 Å². The molecule has 0 heterocycles. The molecule has 0 aliphatic carbocycles. The molecule has 0 aliphatic heterocycles. The van der Waals surface area contributed by atoms with Crippen LogP contribution < -0.4 is 29.6 Å². The molecule has 0 radical (unpaired) electrons. The Morgan fingerprint density at radius 3 is 1.71 bits per heavy atom. The van der Waals surface area contributed by atoms with E-state index in [1.807, 2.05) is 0 Å². The predicted molar refractivity (Wildman–Crippen MR) is 25.8 cm³/mol. The van der Waals surface area contributed by atoms with E-state index >= 15 is 0 Å². The Labute approximate surface area is 69.6 Å². The van der Waals surface area contributed by atoms with Gasteiger partial charge in [0.05, 0.1) is 0 Å². The smallest absolute Gasteiger partial charge is 0.770 e. The van der Waals surface area contributed by atoms with Crippen LogP contribution in [0.2, 0.25) is 0 Å². The summed E-state index contributed by atoms with van der Waals surface area (Å²) in [4.78, 5) is 0. The maximum absolute atomic E-state index is 9.45. The number of hydrogen-bond acceptors (Lipinski definition) is 3. The van der Waals surface area contributed by atoms with Gasteiger partial charge in [-0.05, 0) is 20.0 Å². The van der Waals surface area contributed by atoms with E-state index in [9.17, 15) is 8.76 Å². The second-order valence-corrected chi connectivity index (χ2v) is 3.93. The summed E-state index contributed by atoms with van der Waals surface area (Å²) in [6.45, 7) is 0. The third-order valence-corrected chi connectivity index (χ3v) is 0. The van der Waals surface area contributed by atoms with Crippen LogP contribution in [0.25, 0.3) is 0 Å². The van der Waals surface area contributed by atoms with E-state index in [4.69, 9.17) is 0 Å². The van der Waals surface area contributed by atoms with Gasteiger partial charge < -0.3 is 10.0 Å². The Morgan fingerprint density at radius 1 is 1.71 bits per heavy atom. The molecule has 2 N–H and O–H groups in total. The largest absolute Gasteiger partial charge is 1.00 e. The Bertz CT molecular complexity index is 96.1. The fourth-order valence-electron chi connectivity index (χ4n) is 0. The summed E-state index contributed by atoms with van der Waals surface area (Å²) in [7, 11) is -3.08. The molecule has 0 spiro atoms. The second kappa shape index (κ2) is 5.43. The van der Waals surface area contributed by atoms with Crippen molar-refractivity contribution >= 4 is 20.0 Å². The summed E-state index contributed by atoms with van der Waals surface area (Å²) in [6.07, 6.45) is 0.975. The molecule has 0 rings (SSSR count). The molecule has 0 aromatic carbocycles. The van der Waals surface area contributed by atoms with Crippen molar-refractivity contribution in [3.05, 3.63) is 0 Å². The van der Waals surface area contributed by atoms with Crippen molar-refractivity contribution in [2.45, 2.75) is 0 Å². The summed E-state index contributed by atoms with van der Waals surface area (Å²) >= 11 is 3.80. The first-order valence-electron chi connectivity index (χ1n) is 0.908. The van der Waals surface area contributed by atoms with Crippen LogP contribution in [0.15, 0.2) is 0 Å². The fourth-order valence-corrected chi connectivity index (χ4v) is 0. The van der Waals surface area contributed by atoms with Crippen LogP contribution in [0.4, 0.5) is 0 Å². The molecule has 1 atom stereocenters. The summed E-state index contributed by atoms with van der Waals surface area (Å²) in [5.74, 6) is 0. The van der Waals surface area contributed by atoms with Crippen LogP contribution in [0.1, 0.15) is 0 Å². The average molecular weight is 152 g/mol. The molecule has 6 heteroatoms. The van der Waals surface area contributed by atoms with Gasteiger partial charge in [-0.2, -0.15) is 0 Å². The van der Waals surface area contributed by atoms with Gasteiger partial charge in [0, 0.05) is 6.26 Å². The number of rotatable bonds is 0. The third kappa shape index (κ3) is 123. The summed E-state index contributed by atoms with van der Waals surface area (Å²) in [6, 6.07) is 0. The Balaban J connectivity index is -0.0000000800. The zero-order valence-electron chi connectivity index (χ0n) is 4.13. The molecule has 0 saturated heterocycles. The third-order valence-electron chi connectivity index (χ3n) is 0. The minimum Gasteiger partial charge on any atom is -0.770 e. The van der Waals surface area contributed by atoms with E-state index in [-0.39, 0.29) is 35.0 Å². The van der Waals surface area contributed by atoms with Gasteiger partial charge in [-0.15, -0.1) is 0 Å². The van der Waals surface area contributed by atoms with Gasteiger partial charge in [0.1, 0.15) is 0 Å². The Morgan fingerprint density at radius 2 is 1.71 bits per heavy atom. The Hall–Kier alpha value is 1.29. The molecule has 0 saturated carbocycles. The van der Waals surface area contributed by atoms with Gasteiger partial charge in [-0.3, -0.25) is 4.21 Å². The molecule has 0 amide bonds. The van der Waals surface area contributed by atoms with E-state index in [1.54, 1.807) is 0 Å². The van der Waals surface area contributed by atoms with Gasteiger partial charge in [0.15, 0.2) is 0 Å². The maximum Gasteiger partial charge on any atom is 1.00 e. The van der Waals surface area contributed by atoms with Crippen molar-refractivity contribution in [2.24, 2.45) is 0 Å². The predicted octanol–water partition coefficient (Wildman–Crippen LogP) is -4.33. The van der Waals surface area contributed by atoms with Gasteiger partial charge in [-0.25, -0.2) is 0 Å². The van der Waals surface area contributed by atoms with Gasteiger partial charge in [0.25, 0.3) is 0 Å². The molecule has 0 aromatic rings. The summed E-state index contributed by atoms with van der Waals surface area (Å²) in [5, 5.41) is 0. The second-order valence-electron chi connectivity index (χ2n) is 0.704. The van der Waals surface area contributed by atoms with Crippen molar-refractivity contribution in [3.8, 4) is 0 Å². The zero-order valence-corrected chi connectivity index (χ0v) is 7.77. The molecule has 3 nitrogen and oxygen atoms in total. The van der Waals surface area contributed by atoms with E-state index in [2.05, 4.69) is 11.2 Å². The molecule has 0 aliphatic rings. The van der Waals surface area contributed by atoms with Crippen molar-refractivity contribution in [3.63, 3.8) is 0 Å². The molecular weight excluding hydrogens is 147 g/mol. The van der Waals surface area contributed by atoms with Crippen LogP contribution in [0.5, 0.6) is 0 Å². The van der Waals surface area contributed by atoms with Crippen LogP contribution in [-0.4, -0.2) is 20.5 Å². The molecule has 0 bridgehead atoms. The van der Waals surface area contributed by atoms with E-state index < -0.39 is 8.77 Å². The van der Waals surface area contributed by atoms with Crippen molar-refractivity contribution < 1.29 is 43.8 Å². The van der Waals surface area contributed by atoms with Crippen molar-refractivity contribution in [1.29, 1.82) is 0 Å². The van der Waals surface area contributed by atoms with E-state index in [0.29, 0.717) is 0 Å². The molecule has 1 unspecified atom stereocenters. The van der Waals surface area contributed by atoms with Gasteiger partial charge >= 0.3 is 29.6 Å². The first kappa shape index (κ1) is 15.7. The zero-order chi connectivity index (χ0) is 4.50. The van der Waals surface area contributed by atoms with Crippen LogP contribution >= 0.6 is 0 Å². The van der Waals surface area contributed by atoms with Crippen LogP contribution in [0, 0.1) is 0 Å². The Kier molecular flexibility index (Phi) is 12.2. The molecule has 7 heavy (non-hydrogen) atoms. The monoisotopic (exact) mass is 152 g/mol. The minimum atomic E-state index is -3.08. The van der Waals surface area contributed by atoms with E-state index in [0.717, 1.165) is 6.26 Å². The van der Waals surface area contributed by atoms with Crippen LogP contribution in [-0.2, 0) is 20.0 Å². The maximum atomic E-state index is 9.45. The number of hydrogen-bond donors (Lipinski definition) is 0. The standard InChI is InChI=1S/CH4O2S2.Na.H2O/c1-5(2,3)4;;/h1H3,(H,2,3,4);;1H2/q;+1;/p-1. The first-order valence-corrected chi connectivity index (χ1v) is 3.72. The SMILES string of the molecule is CS(=O)([O-])=S.O.[Na+]. The van der Waals surface area contributed by atoms with Gasteiger partial charge in [-0.1, -0.05) is 0 Å². The first-order chi connectivity index (χ1) is 2.00. The fraction of sp³-hybridized carbons (Fsp3) is 1.00. The quantitative estimate of drug-likeness (QED) is 0.329. The van der Waals surface area contributed by atoms with E-state index in [1.165, 1.54) is 0 Å². The normalized spacial score (nSPS) is 15.1. The van der Waals surface area contributed by atoms with Gasteiger partial charge in [0.2, 0.25) is 0 Å². The summed E-state index contributed by atoms with van der Waals surface area (Å²) < 4.78 is 18.9. The molecule has 0 aromatic heterocycles. The average Bonchev–Trinajstić information content (AvgIpc) is 0.722. The van der Waals surface area contributed by atoms with Crippen LogP contribution in [0.3, 0.4) is 0 Å². The topological polar surface area (TPSA) is 71.6 Å². The summed E-state index contributed by atoms with van der Waals surface area (Å²) in [5.41, 5.74) is 0. The minimum absolute atomic E-state index is 0. The molecule has 0 fully saturated rings. The van der Waals surface area contributed by atoms with Crippen molar-refractivity contribution in [2.75, 3.05) is 6.26 Å². The molecule has 40 valence electrons.